The van der Waals surface area contributed by atoms with Crippen molar-refractivity contribution in [3.63, 3.8) is 0 Å². The number of anilines is 1. The summed E-state index contributed by atoms with van der Waals surface area (Å²) in [5.74, 6) is -4.99. The number of benzene rings is 1. The Kier molecular flexibility index (Phi) is 4.46. The maximum atomic E-state index is 13.6. The number of rotatable bonds is 3. The zero-order valence-corrected chi connectivity index (χ0v) is 12.8. The number of hydrogen-bond donors (Lipinski definition) is 2. The lowest BCUT2D eigenvalue weighted by Crippen LogP contribution is -2.53. The van der Waals surface area contributed by atoms with Crippen molar-refractivity contribution in [3.05, 3.63) is 29.6 Å². The number of carbonyl (C=O) groups is 2. The van der Waals surface area contributed by atoms with E-state index in [1.165, 1.54) is 0 Å². The van der Waals surface area contributed by atoms with Crippen LogP contribution in [0, 0.1) is 17.5 Å². The molecular weight excluding hydrogens is 325 g/mol. The molecule has 0 spiro atoms. The van der Waals surface area contributed by atoms with Gasteiger partial charge in [0.2, 0.25) is 11.8 Å². The Morgan fingerprint density at radius 2 is 2.00 bits per heavy atom. The summed E-state index contributed by atoms with van der Waals surface area (Å²) < 4.78 is 39.6. The fourth-order valence-corrected chi connectivity index (χ4v) is 3.18. The highest BCUT2D eigenvalue weighted by Gasteiger charge is 2.40. The van der Waals surface area contributed by atoms with E-state index in [9.17, 15) is 22.8 Å². The van der Waals surface area contributed by atoms with Crippen LogP contribution in [0.5, 0.6) is 0 Å². The molecule has 0 radical (unpaired) electrons. The number of piperazine rings is 1. The summed E-state index contributed by atoms with van der Waals surface area (Å²) in [5.41, 5.74) is 5.33. The van der Waals surface area contributed by atoms with Crippen LogP contribution >= 0.6 is 0 Å². The third-order valence-corrected chi connectivity index (χ3v) is 4.37. The monoisotopic (exact) mass is 342 g/mol. The van der Waals surface area contributed by atoms with E-state index in [1.807, 2.05) is 4.90 Å². The summed E-state index contributed by atoms with van der Waals surface area (Å²) >= 11 is 0. The van der Waals surface area contributed by atoms with Crippen molar-refractivity contribution >= 4 is 17.5 Å². The molecule has 0 bridgehead atoms. The number of amides is 2. The summed E-state index contributed by atoms with van der Waals surface area (Å²) in [6.07, 6.45) is 0.536. The molecule has 2 amide bonds. The van der Waals surface area contributed by atoms with Crippen LogP contribution in [0.2, 0.25) is 0 Å². The molecule has 130 valence electrons. The lowest BCUT2D eigenvalue weighted by molar-refractivity contribution is -0.131. The average molecular weight is 342 g/mol. The molecule has 2 saturated heterocycles. The van der Waals surface area contributed by atoms with Gasteiger partial charge in [-0.3, -0.25) is 14.5 Å². The van der Waals surface area contributed by atoms with Crippen molar-refractivity contribution in [1.82, 2.24) is 9.80 Å². The van der Waals surface area contributed by atoms with Crippen molar-refractivity contribution in [2.24, 2.45) is 5.73 Å². The van der Waals surface area contributed by atoms with Crippen molar-refractivity contribution < 1.29 is 22.8 Å². The van der Waals surface area contributed by atoms with Gasteiger partial charge in [0.15, 0.2) is 17.5 Å². The quantitative estimate of drug-likeness (QED) is 0.774. The molecule has 1 aromatic rings. The highest BCUT2D eigenvalue weighted by molar-refractivity contribution is 5.92. The minimum Gasteiger partial charge on any atom is -0.336 e. The first kappa shape index (κ1) is 16.7. The highest BCUT2D eigenvalue weighted by atomic mass is 19.2. The second kappa shape index (κ2) is 6.40. The van der Waals surface area contributed by atoms with Crippen LogP contribution < -0.4 is 11.1 Å². The number of carbonyl (C=O) groups excluding carboxylic acids is 2. The largest absolute Gasteiger partial charge is 0.336 e. The van der Waals surface area contributed by atoms with E-state index in [4.69, 9.17) is 5.73 Å². The van der Waals surface area contributed by atoms with Crippen LogP contribution in [-0.2, 0) is 9.59 Å². The van der Waals surface area contributed by atoms with E-state index in [0.29, 0.717) is 26.1 Å². The maximum Gasteiger partial charge on any atom is 0.239 e. The van der Waals surface area contributed by atoms with Gasteiger partial charge < -0.3 is 16.0 Å². The topological polar surface area (TPSA) is 78.7 Å². The molecule has 6 nitrogen and oxygen atoms in total. The molecule has 2 heterocycles. The third-order valence-electron chi connectivity index (χ3n) is 4.37. The van der Waals surface area contributed by atoms with Crippen molar-refractivity contribution in [2.45, 2.75) is 18.5 Å². The van der Waals surface area contributed by atoms with Gasteiger partial charge in [-0.05, 0) is 18.6 Å². The van der Waals surface area contributed by atoms with Gasteiger partial charge in [0.25, 0.3) is 0 Å². The number of halogens is 3. The lowest BCUT2D eigenvalue weighted by Gasteiger charge is -2.36. The third kappa shape index (κ3) is 3.09. The smallest absolute Gasteiger partial charge is 0.239 e. The minimum absolute atomic E-state index is 0.0333. The van der Waals surface area contributed by atoms with E-state index >= 15 is 0 Å². The minimum atomic E-state index is -1.63. The lowest BCUT2D eigenvalue weighted by atomic mass is 10.1. The van der Waals surface area contributed by atoms with Gasteiger partial charge in [-0.25, -0.2) is 13.2 Å². The van der Waals surface area contributed by atoms with Gasteiger partial charge in [-0.1, -0.05) is 0 Å². The van der Waals surface area contributed by atoms with E-state index in [-0.39, 0.29) is 18.5 Å². The molecule has 1 aromatic carbocycles. The fourth-order valence-electron chi connectivity index (χ4n) is 3.18. The first-order valence-corrected chi connectivity index (χ1v) is 7.58. The zero-order valence-electron chi connectivity index (χ0n) is 12.8. The molecule has 3 rings (SSSR count). The number of fused-ring (bicyclic) bond motifs is 1. The van der Waals surface area contributed by atoms with Gasteiger partial charge in [-0.2, -0.15) is 0 Å². The molecule has 2 aliphatic rings. The zero-order chi connectivity index (χ0) is 17.4. The molecule has 24 heavy (non-hydrogen) atoms. The standard InChI is InChI=1S/C15H17F3N4O2/c16-9-1-2-11(14(18)13(9)17)20-12(23)7-21-3-4-22-8(6-21)5-10(19)15(22)24/h1-2,8,10H,3-7,19H2,(H,20,23). The summed E-state index contributed by atoms with van der Waals surface area (Å²) in [6.45, 7) is 1.42. The van der Waals surface area contributed by atoms with Crippen LogP contribution in [0.15, 0.2) is 12.1 Å². The molecule has 0 saturated carbocycles. The molecule has 0 aliphatic carbocycles. The van der Waals surface area contributed by atoms with Gasteiger partial charge in [0.05, 0.1) is 18.3 Å². The van der Waals surface area contributed by atoms with Crippen molar-refractivity contribution in [3.8, 4) is 0 Å². The van der Waals surface area contributed by atoms with Crippen LogP contribution in [0.3, 0.4) is 0 Å². The van der Waals surface area contributed by atoms with Gasteiger partial charge >= 0.3 is 0 Å². The number of hydrogen-bond acceptors (Lipinski definition) is 4. The Morgan fingerprint density at radius 3 is 2.75 bits per heavy atom. The summed E-state index contributed by atoms with van der Waals surface area (Å²) in [4.78, 5) is 27.3. The molecule has 2 atom stereocenters. The molecule has 0 aromatic heterocycles. The Balaban J connectivity index is 1.58. The fraction of sp³-hybridized carbons (Fsp3) is 0.467. The van der Waals surface area contributed by atoms with E-state index in [1.54, 1.807) is 4.90 Å². The van der Waals surface area contributed by atoms with Gasteiger partial charge in [0.1, 0.15) is 0 Å². The average Bonchev–Trinajstić information content (AvgIpc) is 2.82. The number of nitrogens with two attached hydrogens (primary N) is 1. The summed E-state index contributed by atoms with van der Waals surface area (Å²) in [6, 6.07) is 1.19. The number of nitrogens with one attached hydrogen (secondary N) is 1. The van der Waals surface area contributed by atoms with Crippen molar-refractivity contribution in [2.75, 3.05) is 31.5 Å². The summed E-state index contributed by atoms with van der Waals surface area (Å²) in [5, 5.41) is 2.24. The molecule has 3 N–H and O–H groups in total. The maximum absolute atomic E-state index is 13.6. The van der Waals surface area contributed by atoms with E-state index in [0.717, 1.165) is 12.1 Å². The normalized spacial score (nSPS) is 24.2. The molecular formula is C15H17F3N4O2. The molecule has 2 aliphatic heterocycles. The van der Waals surface area contributed by atoms with E-state index in [2.05, 4.69) is 5.32 Å². The Morgan fingerprint density at radius 1 is 1.25 bits per heavy atom. The van der Waals surface area contributed by atoms with Crippen LogP contribution in [0.4, 0.5) is 18.9 Å². The van der Waals surface area contributed by atoms with Crippen LogP contribution in [0.1, 0.15) is 6.42 Å². The summed E-state index contributed by atoms with van der Waals surface area (Å²) in [7, 11) is 0. The first-order chi connectivity index (χ1) is 11.4. The van der Waals surface area contributed by atoms with E-state index < -0.39 is 35.1 Å². The Hall–Kier alpha value is -2.13. The Bertz CT molecular complexity index is 685. The highest BCUT2D eigenvalue weighted by Crippen LogP contribution is 2.23. The van der Waals surface area contributed by atoms with Crippen molar-refractivity contribution in [1.29, 1.82) is 0 Å². The molecule has 2 unspecified atom stereocenters. The second-order valence-corrected chi connectivity index (χ2v) is 6.03. The molecule has 9 heteroatoms. The predicted molar refractivity (Wildman–Crippen MR) is 79.5 cm³/mol. The van der Waals surface area contributed by atoms with Gasteiger partial charge in [-0.15, -0.1) is 0 Å². The van der Waals surface area contributed by atoms with Crippen LogP contribution in [0.25, 0.3) is 0 Å². The van der Waals surface area contributed by atoms with Crippen LogP contribution in [-0.4, -0.2) is 59.9 Å². The first-order valence-electron chi connectivity index (χ1n) is 7.58. The molecule has 2 fully saturated rings. The Labute approximate surface area is 136 Å². The second-order valence-electron chi connectivity index (χ2n) is 6.03. The predicted octanol–water partition coefficient (Wildman–Crippen LogP) is 0.286. The van der Waals surface area contributed by atoms with Gasteiger partial charge in [0, 0.05) is 25.7 Å². The SMILES string of the molecule is NC1CC2CN(CC(=O)Nc3ccc(F)c(F)c3F)CCN2C1=O. The number of nitrogens with zero attached hydrogens (tertiary/aromatic N) is 2.